The summed E-state index contributed by atoms with van der Waals surface area (Å²) in [5.74, 6) is -0.00541. The third-order valence-electron chi connectivity index (χ3n) is 4.46. The van der Waals surface area contributed by atoms with Crippen molar-refractivity contribution in [2.45, 2.75) is 44.6 Å². The third-order valence-corrected chi connectivity index (χ3v) is 5.09. The number of nitrogens with zero attached hydrogens (tertiary/aromatic N) is 2. The Labute approximate surface area is 128 Å². The molecule has 5 nitrogen and oxygen atoms in total. The quantitative estimate of drug-likeness (QED) is 0.898. The van der Waals surface area contributed by atoms with E-state index in [1.54, 1.807) is 16.8 Å². The van der Waals surface area contributed by atoms with Crippen LogP contribution >= 0.6 is 11.3 Å². The summed E-state index contributed by atoms with van der Waals surface area (Å²) in [6.45, 7) is 1.20. The van der Waals surface area contributed by atoms with Gasteiger partial charge in [0.05, 0.1) is 17.1 Å². The minimum atomic E-state index is -0.173. The van der Waals surface area contributed by atoms with Crippen molar-refractivity contribution in [3.05, 3.63) is 16.6 Å². The lowest BCUT2D eigenvalue weighted by atomic mass is 10.1. The van der Waals surface area contributed by atoms with Crippen molar-refractivity contribution in [2.75, 3.05) is 13.1 Å². The highest BCUT2D eigenvalue weighted by atomic mass is 32.1. The van der Waals surface area contributed by atoms with E-state index in [0.717, 1.165) is 25.0 Å². The fraction of sp³-hybridized carbons (Fsp3) is 0.667. The highest BCUT2D eigenvalue weighted by molar-refractivity contribution is 7.07. The van der Waals surface area contributed by atoms with Crippen LogP contribution in [0.2, 0.25) is 0 Å². The van der Waals surface area contributed by atoms with E-state index >= 15 is 0 Å². The van der Waals surface area contributed by atoms with Crippen LogP contribution in [-0.2, 0) is 16.0 Å². The van der Waals surface area contributed by atoms with Gasteiger partial charge in [0.2, 0.25) is 11.8 Å². The van der Waals surface area contributed by atoms with Crippen LogP contribution in [0.25, 0.3) is 0 Å². The Balaban J connectivity index is 1.46. The van der Waals surface area contributed by atoms with E-state index in [0.29, 0.717) is 25.6 Å². The molecule has 3 rings (SSSR count). The van der Waals surface area contributed by atoms with Crippen LogP contribution in [0.4, 0.5) is 0 Å². The van der Waals surface area contributed by atoms with Gasteiger partial charge in [-0.15, -0.1) is 11.3 Å². The molecule has 1 aliphatic carbocycles. The van der Waals surface area contributed by atoms with Crippen LogP contribution in [0.5, 0.6) is 0 Å². The van der Waals surface area contributed by atoms with Crippen LogP contribution in [0, 0.1) is 5.92 Å². The van der Waals surface area contributed by atoms with Gasteiger partial charge in [0.15, 0.2) is 0 Å². The van der Waals surface area contributed by atoms with Crippen LogP contribution in [-0.4, -0.2) is 40.8 Å². The van der Waals surface area contributed by atoms with Crippen molar-refractivity contribution in [1.29, 1.82) is 0 Å². The van der Waals surface area contributed by atoms with Gasteiger partial charge < -0.3 is 10.2 Å². The smallest absolute Gasteiger partial charge is 0.225 e. The zero-order chi connectivity index (χ0) is 14.7. The first-order chi connectivity index (χ1) is 10.2. The van der Waals surface area contributed by atoms with Gasteiger partial charge in [-0.25, -0.2) is 4.98 Å². The molecule has 6 heteroatoms. The van der Waals surface area contributed by atoms with E-state index in [2.05, 4.69) is 10.3 Å². The molecule has 1 aliphatic heterocycles. The normalized spacial score (nSPS) is 23.0. The largest absolute Gasteiger partial charge is 0.355 e. The van der Waals surface area contributed by atoms with Crippen LogP contribution in [0.15, 0.2) is 10.9 Å². The molecule has 2 aliphatic rings. The van der Waals surface area contributed by atoms with Crippen LogP contribution in [0.1, 0.15) is 37.8 Å². The predicted molar refractivity (Wildman–Crippen MR) is 80.9 cm³/mol. The van der Waals surface area contributed by atoms with E-state index in [-0.39, 0.29) is 17.7 Å². The number of rotatable bonds is 5. The molecule has 0 aromatic carbocycles. The Kier molecular flexibility index (Phi) is 4.53. The first kappa shape index (κ1) is 14.5. The minimum absolute atomic E-state index is 0.0130. The maximum atomic E-state index is 12.2. The summed E-state index contributed by atoms with van der Waals surface area (Å²) < 4.78 is 0. The molecule has 0 unspecified atom stereocenters. The van der Waals surface area contributed by atoms with E-state index in [9.17, 15) is 9.59 Å². The summed E-state index contributed by atoms with van der Waals surface area (Å²) in [6, 6.07) is 0.380. The number of aromatic nitrogens is 1. The van der Waals surface area contributed by atoms with Crippen molar-refractivity contribution < 1.29 is 9.59 Å². The van der Waals surface area contributed by atoms with E-state index in [1.807, 2.05) is 10.3 Å². The van der Waals surface area contributed by atoms with E-state index in [1.165, 1.54) is 12.8 Å². The lowest BCUT2D eigenvalue weighted by Crippen LogP contribution is -2.37. The predicted octanol–water partition coefficient (Wildman–Crippen LogP) is 1.59. The van der Waals surface area contributed by atoms with E-state index in [4.69, 9.17) is 0 Å². The average Bonchev–Trinajstić information content (AvgIpc) is 3.19. The molecular formula is C15H21N3O2S. The molecule has 114 valence electrons. The van der Waals surface area contributed by atoms with Gasteiger partial charge in [-0.3, -0.25) is 9.59 Å². The first-order valence-corrected chi connectivity index (χ1v) is 8.62. The van der Waals surface area contributed by atoms with Gasteiger partial charge in [-0.1, -0.05) is 12.8 Å². The fourth-order valence-corrected chi connectivity index (χ4v) is 3.89. The number of hydrogen-bond acceptors (Lipinski definition) is 4. The van der Waals surface area contributed by atoms with Crippen molar-refractivity contribution in [2.24, 2.45) is 5.92 Å². The van der Waals surface area contributed by atoms with Crippen molar-refractivity contribution in [3.63, 3.8) is 0 Å². The second-order valence-electron chi connectivity index (χ2n) is 5.91. The highest BCUT2D eigenvalue weighted by Gasteiger charge is 2.38. The summed E-state index contributed by atoms with van der Waals surface area (Å²) in [4.78, 5) is 30.4. The average molecular weight is 307 g/mol. The van der Waals surface area contributed by atoms with Gasteiger partial charge in [-0.2, -0.15) is 0 Å². The molecule has 1 saturated heterocycles. The maximum absolute atomic E-state index is 12.2. The number of carbonyl (C=O) groups is 2. The van der Waals surface area contributed by atoms with Gasteiger partial charge in [0.25, 0.3) is 0 Å². The fourth-order valence-electron chi connectivity index (χ4n) is 3.30. The van der Waals surface area contributed by atoms with Crippen molar-refractivity contribution in [3.8, 4) is 0 Å². The summed E-state index contributed by atoms with van der Waals surface area (Å²) >= 11 is 1.56. The molecule has 2 heterocycles. The molecule has 2 fully saturated rings. The lowest BCUT2D eigenvalue weighted by Gasteiger charge is -2.23. The zero-order valence-corrected chi connectivity index (χ0v) is 12.9. The molecule has 21 heavy (non-hydrogen) atoms. The van der Waals surface area contributed by atoms with Crippen molar-refractivity contribution >= 4 is 23.2 Å². The van der Waals surface area contributed by atoms with Gasteiger partial charge in [0, 0.05) is 37.4 Å². The number of amides is 2. The minimum Gasteiger partial charge on any atom is -0.355 e. The molecule has 1 N–H and O–H groups in total. The molecule has 1 aromatic heterocycles. The van der Waals surface area contributed by atoms with Gasteiger partial charge in [-0.05, 0) is 12.8 Å². The first-order valence-electron chi connectivity index (χ1n) is 7.68. The Morgan fingerprint density at radius 3 is 2.95 bits per heavy atom. The molecule has 0 spiro atoms. The Bertz CT molecular complexity index is 497. The van der Waals surface area contributed by atoms with Gasteiger partial charge >= 0.3 is 0 Å². The molecule has 0 radical (unpaired) electrons. The summed E-state index contributed by atoms with van der Waals surface area (Å²) in [6.07, 6.45) is 5.74. The number of likely N-dealkylation sites (tertiary alicyclic amines) is 1. The Morgan fingerprint density at radius 1 is 1.43 bits per heavy atom. The number of thiazole rings is 1. The molecule has 1 atom stereocenters. The standard InChI is InChI=1S/C15H21N3O2S/c19-14-7-11(8-18(14)13-3-1-2-4-13)15(20)16-6-5-12-9-21-10-17-12/h9-11,13H,1-8H2,(H,16,20)/t11-/m0/s1. The number of hydrogen-bond donors (Lipinski definition) is 1. The zero-order valence-electron chi connectivity index (χ0n) is 12.1. The van der Waals surface area contributed by atoms with Crippen LogP contribution in [0.3, 0.4) is 0 Å². The topological polar surface area (TPSA) is 62.3 Å². The maximum Gasteiger partial charge on any atom is 0.225 e. The number of carbonyl (C=O) groups excluding carboxylic acids is 2. The Morgan fingerprint density at radius 2 is 2.24 bits per heavy atom. The highest BCUT2D eigenvalue weighted by Crippen LogP contribution is 2.29. The number of nitrogens with one attached hydrogen (secondary N) is 1. The van der Waals surface area contributed by atoms with E-state index < -0.39 is 0 Å². The SMILES string of the molecule is O=C(NCCc1cscn1)[C@H]1CC(=O)N(C2CCCC2)C1. The molecule has 1 aromatic rings. The summed E-state index contributed by atoms with van der Waals surface area (Å²) in [7, 11) is 0. The molecule has 0 bridgehead atoms. The summed E-state index contributed by atoms with van der Waals surface area (Å²) in [5, 5.41) is 4.93. The van der Waals surface area contributed by atoms with Gasteiger partial charge in [0.1, 0.15) is 0 Å². The van der Waals surface area contributed by atoms with Crippen molar-refractivity contribution in [1.82, 2.24) is 15.2 Å². The molecular weight excluding hydrogens is 286 g/mol. The lowest BCUT2D eigenvalue weighted by molar-refractivity contribution is -0.130. The second-order valence-corrected chi connectivity index (χ2v) is 6.62. The van der Waals surface area contributed by atoms with Crippen LogP contribution < -0.4 is 5.32 Å². The second kappa shape index (κ2) is 6.56. The monoisotopic (exact) mass is 307 g/mol. The molecule has 2 amide bonds. The molecule has 1 saturated carbocycles. The third kappa shape index (κ3) is 3.43. The Hall–Kier alpha value is -1.43. The summed E-state index contributed by atoms with van der Waals surface area (Å²) in [5.41, 5.74) is 2.81.